The molecule has 0 spiro atoms. The second-order valence-corrected chi connectivity index (χ2v) is 7.18. The van der Waals surface area contributed by atoms with Gasteiger partial charge < -0.3 is 15.4 Å². The van der Waals surface area contributed by atoms with Crippen LogP contribution in [0.1, 0.15) is 25.0 Å². The van der Waals surface area contributed by atoms with Gasteiger partial charge in [0.05, 0.1) is 5.69 Å². The van der Waals surface area contributed by atoms with Crippen molar-refractivity contribution in [2.24, 2.45) is 0 Å². The Balaban J connectivity index is 1.90. The first-order valence-electron chi connectivity index (χ1n) is 9.49. The summed E-state index contributed by atoms with van der Waals surface area (Å²) in [5.74, 6) is 0.648. The number of nitrogens with zero attached hydrogens (tertiary/aromatic N) is 2. The Bertz CT molecular complexity index is 1010. The monoisotopic (exact) mass is 416 g/mol. The first-order chi connectivity index (χ1) is 14.2. The van der Waals surface area contributed by atoms with Crippen molar-refractivity contribution in [2.45, 2.75) is 39.7 Å². The Hall–Kier alpha value is -3.29. The van der Waals surface area contributed by atoms with Crippen molar-refractivity contribution in [2.75, 3.05) is 10.6 Å². The molecule has 0 aliphatic carbocycles. The van der Waals surface area contributed by atoms with Gasteiger partial charge in [0.25, 0.3) is 0 Å². The van der Waals surface area contributed by atoms with E-state index in [4.69, 9.17) is 0 Å². The summed E-state index contributed by atoms with van der Waals surface area (Å²) in [5, 5.41) is 6.40. The largest absolute Gasteiger partial charge is 0.573 e. The molecule has 0 atom stereocenters. The average molecular weight is 416 g/mol. The summed E-state index contributed by atoms with van der Waals surface area (Å²) >= 11 is 0. The standard InChI is InChI=1S/C22H23F3N4O/c1-14(2)27-21-28-19(17-8-5-9-18(11-17)30-22(23,24)25)12-20(29-21)26-13-16-7-4-6-15(3)10-16/h4-12,14H,13H2,1-3H3,(H2,26,27,28,29). The van der Waals surface area contributed by atoms with Crippen molar-refractivity contribution < 1.29 is 17.9 Å². The van der Waals surface area contributed by atoms with Crippen molar-refractivity contribution in [3.05, 3.63) is 65.7 Å². The van der Waals surface area contributed by atoms with Crippen LogP contribution in [-0.4, -0.2) is 22.4 Å². The number of alkyl halides is 3. The Morgan fingerprint density at radius 1 is 1.00 bits per heavy atom. The topological polar surface area (TPSA) is 59.1 Å². The zero-order valence-electron chi connectivity index (χ0n) is 16.9. The summed E-state index contributed by atoms with van der Waals surface area (Å²) in [6.45, 7) is 6.48. The molecular weight excluding hydrogens is 393 g/mol. The molecule has 0 fully saturated rings. The summed E-state index contributed by atoms with van der Waals surface area (Å²) in [5.41, 5.74) is 3.22. The molecule has 5 nitrogen and oxygen atoms in total. The molecule has 3 rings (SSSR count). The first-order valence-corrected chi connectivity index (χ1v) is 9.49. The molecule has 2 N–H and O–H groups in total. The fourth-order valence-electron chi connectivity index (χ4n) is 2.88. The van der Waals surface area contributed by atoms with E-state index in [1.807, 2.05) is 39.0 Å². The first kappa shape index (κ1) is 21.4. The molecule has 0 unspecified atom stereocenters. The van der Waals surface area contributed by atoms with Gasteiger partial charge >= 0.3 is 6.36 Å². The van der Waals surface area contributed by atoms with E-state index in [9.17, 15) is 13.2 Å². The molecule has 0 aliphatic rings. The van der Waals surface area contributed by atoms with Gasteiger partial charge in [-0.3, -0.25) is 0 Å². The van der Waals surface area contributed by atoms with Crippen LogP contribution >= 0.6 is 0 Å². The maximum Gasteiger partial charge on any atom is 0.573 e. The van der Waals surface area contributed by atoms with Crippen molar-refractivity contribution >= 4 is 11.8 Å². The number of halogens is 3. The number of rotatable bonds is 7. The molecule has 30 heavy (non-hydrogen) atoms. The van der Waals surface area contributed by atoms with Crippen LogP contribution in [0.2, 0.25) is 0 Å². The lowest BCUT2D eigenvalue weighted by molar-refractivity contribution is -0.274. The highest BCUT2D eigenvalue weighted by molar-refractivity contribution is 5.66. The van der Waals surface area contributed by atoms with Gasteiger partial charge in [-0.25, -0.2) is 4.98 Å². The van der Waals surface area contributed by atoms with E-state index in [1.54, 1.807) is 12.1 Å². The van der Waals surface area contributed by atoms with Gasteiger partial charge in [0, 0.05) is 24.2 Å². The molecule has 0 saturated carbocycles. The number of anilines is 2. The fraction of sp³-hybridized carbons (Fsp3) is 0.273. The molecule has 1 heterocycles. The molecule has 0 aliphatic heterocycles. The van der Waals surface area contributed by atoms with Gasteiger partial charge in [-0.1, -0.05) is 42.0 Å². The van der Waals surface area contributed by atoms with Crippen LogP contribution in [0, 0.1) is 6.92 Å². The van der Waals surface area contributed by atoms with Gasteiger partial charge in [0.1, 0.15) is 11.6 Å². The smallest absolute Gasteiger partial charge is 0.406 e. The number of hydrogen-bond donors (Lipinski definition) is 2. The number of ether oxygens (including phenoxy) is 1. The van der Waals surface area contributed by atoms with Crippen molar-refractivity contribution in [1.82, 2.24) is 9.97 Å². The van der Waals surface area contributed by atoms with E-state index in [2.05, 4.69) is 31.4 Å². The summed E-state index contributed by atoms with van der Waals surface area (Å²) in [7, 11) is 0. The zero-order chi connectivity index (χ0) is 21.7. The summed E-state index contributed by atoms with van der Waals surface area (Å²) < 4.78 is 41.7. The van der Waals surface area contributed by atoms with E-state index in [-0.39, 0.29) is 11.8 Å². The van der Waals surface area contributed by atoms with Crippen molar-refractivity contribution in [1.29, 1.82) is 0 Å². The molecule has 8 heteroatoms. The number of aryl methyl sites for hydroxylation is 1. The van der Waals surface area contributed by atoms with Gasteiger partial charge in [-0.2, -0.15) is 4.98 Å². The van der Waals surface area contributed by atoms with Crippen molar-refractivity contribution in [3.63, 3.8) is 0 Å². The summed E-state index contributed by atoms with van der Waals surface area (Å²) in [4.78, 5) is 8.93. The zero-order valence-corrected chi connectivity index (χ0v) is 16.9. The lowest BCUT2D eigenvalue weighted by atomic mass is 10.1. The predicted molar refractivity (Wildman–Crippen MR) is 111 cm³/mol. The Morgan fingerprint density at radius 3 is 2.47 bits per heavy atom. The van der Waals surface area contributed by atoms with Crippen LogP contribution in [0.25, 0.3) is 11.3 Å². The van der Waals surface area contributed by atoms with Crippen LogP contribution in [0.5, 0.6) is 5.75 Å². The highest BCUT2D eigenvalue weighted by Gasteiger charge is 2.31. The van der Waals surface area contributed by atoms with Crippen LogP contribution in [-0.2, 0) is 6.54 Å². The van der Waals surface area contributed by atoms with Gasteiger partial charge in [0.2, 0.25) is 5.95 Å². The SMILES string of the molecule is Cc1cccc(CNc2cc(-c3cccc(OC(F)(F)F)c3)nc(NC(C)C)n2)c1. The van der Waals surface area contributed by atoms with E-state index in [1.165, 1.54) is 18.2 Å². The summed E-state index contributed by atoms with van der Waals surface area (Å²) in [6, 6.07) is 15.6. The normalized spacial score (nSPS) is 11.4. The molecular formula is C22H23F3N4O. The third-order valence-corrected chi connectivity index (χ3v) is 4.06. The third kappa shape index (κ3) is 6.37. The fourth-order valence-corrected chi connectivity index (χ4v) is 2.88. The minimum Gasteiger partial charge on any atom is -0.406 e. The molecule has 0 radical (unpaired) electrons. The van der Waals surface area contributed by atoms with E-state index in [0.29, 0.717) is 29.6 Å². The molecule has 2 aromatic carbocycles. The highest BCUT2D eigenvalue weighted by Crippen LogP contribution is 2.28. The van der Waals surface area contributed by atoms with Crippen molar-refractivity contribution in [3.8, 4) is 17.0 Å². The van der Waals surface area contributed by atoms with E-state index >= 15 is 0 Å². The van der Waals surface area contributed by atoms with Crippen LogP contribution in [0.3, 0.4) is 0 Å². The Morgan fingerprint density at radius 2 is 1.77 bits per heavy atom. The van der Waals surface area contributed by atoms with Crippen LogP contribution < -0.4 is 15.4 Å². The lowest BCUT2D eigenvalue weighted by Crippen LogP contribution is -2.17. The number of nitrogens with one attached hydrogen (secondary N) is 2. The molecule has 0 saturated heterocycles. The van der Waals surface area contributed by atoms with Crippen LogP contribution in [0.15, 0.2) is 54.6 Å². The second-order valence-electron chi connectivity index (χ2n) is 7.18. The van der Waals surface area contributed by atoms with E-state index < -0.39 is 6.36 Å². The number of hydrogen-bond acceptors (Lipinski definition) is 5. The molecule has 0 bridgehead atoms. The maximum atomic E-state index is 12.6. The molecule has 0 amide bonds. The Labute approximate surface area is 173 Å². The Kier molecular flexibility index (Phi) is 6.44. The molecule has 158 valence electrons. The minimum atomic E-state index is -4.75. The van der Waals surface area contributed by atoms with Gasteiger partial charge in [-0.15, -0.1) is 13.2 Å². The highest BCUT2D eigenvalue weighted by atomic mass is 19.4. The van der Waals surface area contributed by atoms with E-state index in [0.717, 1.165) is 11.1 Å². The lowest BCUT2D eigenvalue weighted by Gasteiger charge is -2.14. The average Bonchev–Trinajstić information content (AvgIpc) is 2.65. The molecule has 3 aromatic rings. The molecule has 1 aromatic heterocycles. The number of benzene rings is 2. The predicted octanol–water partition coefficient (Wildman–Crippen LogP) is 5.78. The third-order valence-electron chi connectivity index (χ3n) is 4.06. The minimum absolute atomic E-state index is 0.0877. The number of aromatic nitrogens is 2. The second kappa shape index (κ2) is 9.02. The quantitative estimate of drug-likeness (QED) is 0.511. The van der Waals surface area contributed by atoms with Gasteiger partial charge in [-0.05, 0) is 38.5 Å². The van der Waals surface area contributed by atoms with Crippen LogP contribution in [0.4, 0.5) is 24.9 Å². The maximum absolute atomic E-state index is 12.6. The van der Waals surface area contributed by atoms with Gasteiger partial charge in [0.15, 0.2) is 0 Å². The summed E-state index contributed by atoms with van der Waals surface area (Å²) in [6.07, 6.45) is -4.75.